The van der Waals surface area contributed by atoms with Gasteiger partial charge in [-0.3, -0.25) is 14.4 Å². The number of hydrogen-bond acceptors (Lipinski definition) is 6. The second kappa shape index (κ2) is 14.7. The lowest BCUT2D eigenvalue weighted by atomic mass is 9.99. The molecule has 0 aliphatic rings. The number of carboxylic acids is 1. The van der Waals surface area contributed by atoms with E-state index in [4.69, 9.17) is 11.5 Å². The van der Waals surface area contributed by atoms with Gasteiger partial charge in [-0.15, -0.1) is 0 Å². The molecule has 0 bridgehead atoms. The van der Waals surface area contributed by atoms with E-state index in [0.717, 1.165) is 6.42 Å². The SMILES string of the molecule is CCC(C)C(N)C(=O)NC(C)C(=O)NC(CCCCN)C(=O)NC(CC(C)C)C(=O)O. The number of carbonyl (C=O) groups is 4. The molecule has 180 valence electrons. The van der Waals surface area contributed by atoms with Gasteiger partial charge in [0.05, 0.1) is 6.04 Å². The Morgan fingerprint density at radius 3 is 1.94 bits per heavy atom. The number of carbonyl (C=O) groups excluding carboxylic acids is 3. The first-order valence-corrected chi connectivity index (χ1v) is 11.0. The minimum absolute atomic E-state index is 0.0426. The Hall–Kier alpha value is -2.20. The first-order chi connectivity index (χ1) is 14.4. The van der Waals surface area contributed by atoms with Crippen molar-refractivity contribution in [3.8, 4) is 0 Å². The Kier molecular flexibility index (Phi) is 13.7. The minimum atomic E-state index is -1.13. The second-order valence-corrected chi connectivity index (χ2v) is 8.52. The van der Waals surface area contributed by atoms with Crippen molar-refractivity contribution in [3.63, 3.8) is 0 Å². The summed E-state index contributed by atoms with van der Waals surface area (Å²) in [4.78, 5) is 49.0. The molecule has 0 aliphatic carbocycles. The fourth-order valence-corrected chi connectivity index (χ4v) is 2.91. The van der Waals surface area contributed by atoms with Crippen LogP contribution in [0.1, 0.15) is 66.7 Å². The van der Waals surface area contributed by atoms with Crippen molar-refractivity contribution < 1.29 is 24.3 Å². The number of carboxylic acid groups (broad SMARTS) is 1. The van der Waals surface area contributed by atoms with Crippen LogP contribution in [-0.2, 0) is 19.2 Å². The summed E-state index contributed by atoms with van der Waals surface area (Å²) in [6.07, 6.45) is 2.53. The molecule has 0 heterocycles. The molecule has 0 fully saturated rings. The van der Waals surface area contributed by atoms with E-state index in [1.54, 1.807) is 0 Å². The molecule has 5 atom stereocenters. The van der Waals surface area contributed by atoms with Crippen molar-refractivity contribution in [2.45, 2.75) is 90.9 Å². The van der Waals surface area contributed by atoms with Crippen LogP contribution in [0, 0.1) is 11.8 Å². The van der Waals surface area contributed by atoms with Gasteiger partial charge in [-0.1, -0.05) is 34.1 Å². The molecule has 0 aliphatic heterocycles. The molecular weight excluding hydrogens is 402 g/mol. The molecule has 0 spiro atoms. The average Bonchev–Trinajstić information content (AvgIpc) is 2.70. The van der Waals surface area contributed by atoms with Crippen LogP contribution < -0.4 is 27.4 Å². The van der Waals surface area contributed by atoms with Crippen molar-refractivity contribution in [1.29, 1.82) is 0 Å². The Balaban J connectivity index is 5.15. The third kappa shape index (κ3) is 11.1. The van der Waals surface area contributed by atoms with Gasteiger partial charge in [0.25, 0.3) is 0 Å². The normalized spacial score (nSPS) is 16.0. The molecule has 10 nitrogen and oxygen atoms in total. The van der Waals surface area contributed by atoms with Crippen LogP contribution in [0.25, 0.3) is 0 Å². The zero-order valence-electron chi connectivity index (χ0n) is 19.4. The predicted octanol–water partition coefficient (Wildman–Crippen LogP) is 0.0938. The van der Waals surface area contributed by atoms with Gasteiger partial charge in [0.15, 0.2) is 0 Å². The lowest BCUT2D eigenvalue weighted by Gasteiger charge is -2.25. The average molecular weight is 444 g/mol. The van der Waals surface area contributed by atoms with Crippen LogP contribution in [0.4, 0.5) is 0 Å². The van der Waals surface area contributed by atoms with E-state index >= 15 is 0 Å². The molecule has 0 aromatic carbocycles. The van der Waals surface area contributed by atoms with Crippen molar-refractivity contribution in [2.24, 2.45) is 23.3 Å². The monoisotopic (exact) mass is 443 g/mol. The maximum Gasteiger partial charge on any atom is 0.326 e. The molecule has 31 heavy (non-hydrogen) atoms. The van der Waals surface area contributed by atoms with Crippen LogP contribution in [0.5, 0.6) is 0 Å². The number of amides is 3. The highest BCUT2D eigenvalue weighted by Gasteiger charge is 2.29. The van der Waals surface area contributed by atoms with Gasteiger partial charge in [0, 0.05) is 0 Å². The van der Waals surface area contributed by atoms with Crippen LogP contribution in [0.3, 0.4) is 0 Å². The maximum atomic E-state index is 12.7. The highest BCUT2D eigenvalue weighted by Crippen LogP contribution is 2.08. The summed E-state index contributed by atoms with van der Waals surface area (Å²) in [5.41, 5.74) is 11.4. The number of unbranched alkanes of at least 4 members (excludes halogenated alkanes) is 1. The van der Waals surface area contributed by atoms with Gasteiger partial charge in [-0.2, -0.15) is 0 Å². The van der Waals surface area contributed by atoms with E-state index in [9.17, 15) is 24.3 Å². The number of nitrogens with one attached hydrogen (secondary N) is 3. The largest absolute Gasteiger partial charge is 0.480 e. The molecule has 0 radical (unpaired) electrons. The van der Waals surface area contributed by atoms with Gasteiger partial charge >= 0.3 is 5.97 Å². The molecule has 0 aromatic rings. The first-order valence-electron chi connectivity index (χ1n) is 11.0. The Labute approximate surface area is 185 Å². The van der Waals surface area contributed by atoms with Gasteiger partial charge in [0.1, 0.15) is 18.1 Å². The van der Waals surface area contributed by atoms with Gasteiger partial charge in [-0.05, 0) is 51.0 Å². The Morgan fingerprint density at radius 1 is 0.871 bits per heavy atom. The lowest BCUT2D eigenvalue weighted by Crippen LogP contribution is -2.56. The summed E-state index contributed by atoms with van der Waals surface area (Å²) in [7, 11) is 0. The third-order valence-corrected chi connectivity index (χ3v) is 5.21. The van der Waals surface area contributed by atoms with Crippen LogP contribution >= 0.6 is 0 Å². The topological polar surface area (TPSA) is 177 Å². The number of aliphatic carboxylic acids is 1. The molecule has 5 unspecified atom stereocenters. The van der Waals surface area contributed by atoms with Gasteiger partial charge in [-0.25, -0.2) is 4.79 Å². The van der Waals surface area contributed by atoms with E-state index in [0.29, 0.717) is 25.8 Å². The summed E-state index contributed by atoms with van der Waals surface area (Å²) < 4.78 is 0. The van der Waals surface area contributed by atoms with Crippen LogP contribution in [0.2, 0.25) is 0 Å². The molecule has 8 N–H and O–H groups in total. The summed E-state index contributed by atoms with van der Waals surface area (Å²) in [6.45, 7) is 9.43. The second-order valence-electron chi connectivity index (χ2n) is 8.52. The summed E-state index contributed by atoms with van der Waals surface area (Å²) in [5, 5.41) is 17.1. The number of hydrogen-bond donors (Lipinski definition) is 6. The zero-order chi connectivity index (χ0) is 24.1. The molecule has 0 aromatic heterocycles. The van der Waals surface area contributed by atoms with Crippen molar-refractivity contribution >= 4 is 23.7 Å². The zero-order valence-corrected chi connectivity index (χ0v) is 19.4. The minimum Gasteiger partial charge on any atom is -0.480 e. The quantitative estimate of drug-likeness (QED) is 0.194. The summed E-state index contributed by atoms with van der Waals surface area (Å²) in [6, 6.07) is -3.63. The smallest absolute Gasteiger partial charge is 0.326 e. The number of nitrogens with two attached hydrogens (primary N) is 2. The van der Waals surface area contributed by atoms with Crippen LogP contribution in [-0.4, -0.2) is 59.5 Å². The molecule has 3 amide bonds. The lowest BCUT2D eigenvalue weighted by molar-refractivity contribution is -0.142. The van der Waals surface area contributed by atoms with Crippen molar-refractivity contribution in [1.82, 2.24) is 16.0 Å². The van der Waals surface area contributed by atoms with E-state index < -0.39 is 47.9 Å². The van der Waals surface area contributed by atoms with E-state index in [-0.39, 0.29) is 18.3 Å². The highest BCUT2D eigenvalue weighted by molar-refractivity contribution is 5.93. The Bertz CT molecular complexity index is 599. The molecular formula is C21H41N5O5. The van der Waals surface area contributed by atoms with E-state index in [2.05, 4.69) is 16.0 Å². The molecule has 0 saturated carbocycles. The van der Waals surface area contributed by atoms with Crippen LogP contribution in [0.15, 0.2) is 0 Å². The summed E-state index contributed by atoms with van der Waals surface area (Å²) >= 11 is 0. The van der Waals surface area contributed by atoms with Crippen molar-refractivity contribution in [3.05, 3.63) is 0 Å². The fourth-order valence-electron chi connectivity index (χ4n) is 2.91. The standard InChI is InChI=1S/C21H41N5O5/c1-6-13(4)17(23)20(29)24-14(5)18(27)25-15(9-7-8-10-22)19(28)26-16(21(30)31)11-12(2)3/h12-17H,6-11,22-23H2,1-5H3,(H,24,29)(H,25,27)(H,26,28)(H,30,31). The van der Waals surface area contributed by atoms with Gasteiger partial charge in [0.2, 0.25) is 17.7 Å². The maximum absolute atomic E-state index is 12.7. The highest BCUT2D eigenvalue weighted by atomic mass is 16.4. The first kappa shape index (κ1) is 28.8. The Morgan fingerprint density at radius 2 is 1.45 bits per heavy atom. The van der Waals surface area contributed by atoms with Crippen molar-refractivity contribution in [2.75, 3.05) is 6.54 Å². The fraction of sp³-hybridized carbons (Fsp3) is 0.810. The van der Waals surface area contributed by atoms with E-state index in [1.807, 2.05) is 27.7 Å². The number of rotatable bonds is 15. The van der Waals surface area contributed by atoms with Gasteiger partial charge < -0.3 is 32.5 Å². The molecule has 10 heteroatoms. The third-order valence-electron chi connectivity index (χ3n) is 5.21. The predicted molar refractivity (Wildman–Crippen MR) is 119 cm³/mol. The molecule has 0 saturated heterocycles. The summed E-state index contributed by atoms with van der Waals surface area (Å²) in [5.74, 6) is -2.67. The molecule has 0 rings (SSSR count). The van der Waals surface area contributed by atoms with E-state index in [1.165, 1.54) is 6.92 Å².